The van der Waals surface area contributed by atoms with E-state index in [1.807, 2.05) is 18.2 Å². The Hall–Kier alpha value is -2.71. The highest BCUT2D eigenvalue weighted by Gasteiger charge is 2.40. The fraction of sp³-hybridized carbons (Fsp3) is 0.278. The number of ether oxygens (including phenoxy) is 2. The number of pyridine rings is 3. The zero-order valence-corrected chi connectivity index (χ0v) is 14.2. The monoisotopic (exact) mass is 351 g/mol. The van der Waals surface area contributed by atoms with Gasteiger partial charge in [-0.15, -0.1) is 0 Å². The van der Waals surface area contributed by atoms with E-state index in [4.69, 9.17) is 9.47 Å². The Bertz CT molecular complexity index is 920. The van der Waals surface area contributed by atoms with E-state index in [0.717, 1.165) is 17.9 Å². The SMILES string of the molecule is COc1ccc(C2C[C@@H]2COc2nc3cccnc3cc2B(O)O)nc1. The smallest absolute Gasteiger partial charge is 0.494 e. The average Bonchev–Trinajstić information content (AvgIpc) is 3.45. The van der Waals surface area contributed by atoms with E-state index in [0.29, 0.717) is 29.5 Å². The standard InChI is InChI=1S/C18H18BN3O4/c1-25-12-4-5-15(21-9-12)13-7-11(13)10-26-18-14(19(23)24)8-17-16(22-18)3-2-6-20-17/h2-6,8-9,11,13,23-24H,7,10H2,1H3/t11-,13?/m1/s1. The third kappa shape index (κ3) is 3.33. The zero-order chi connectivity index (χ0) is 18.1. The number of methoxy groups -OCH3 is 1. The van der Waals surface area contributed by atoms with Gasteiger partial charge in [0.15, 0.2) is 0 Å². The van der Waals surface area contributed by atoms with Crippen molar-refractivity contribution in [2.24, 2.45) is 5.92 Å². The van der Waals surface area contributed by atoms with Gasteiger partial charge in [0.25, 0.3) is 0 Å². The van der Waals surface area contributed by atoms with Crippen molar-refractivity contribution >= 4 is 23.6 Å². The van der Waals surface area contributed by atoms with Crippen LogP contribution in [0.25, 0.3) is 11.0 Å². The van der Waals surface area contributed by atoms with Gasteiger partial charge in [0.1, 0.15) is 5.75 Å². The minimum Gasteiger partial charge on any atom is -0.495 e. The van der Waals surface area contributed by atoms with Crippen LogP contribution in [-0.2, 0) is 0 Å². The van der Waals surface area contributed by atoms with Crippen LogP contribution in [0.2, 0.25) is 0 Å². The molecule has 1 aliphatic carbocycles. The average molecular weight is 351 g/mol. The summed E-state index contributed by atoms with van der Waals surface area (Å²) in [6, 6.07) is 9.05. The first-order chi connectivity index (χ1) is 12.7. The van der Waals surface area contributed by atoms with Crippen molar-refractivity contribution in [2.45, 2.75) is 12.3 Å². The molecule has 2 N–H and O–H groups in total. The molecular formula is C18H18BN3O4. The molecule has 7 nitrogen and oxygen atoms in total. The minimum absolute atomic E-state index is 0.218. The molecule has 0 spiro atoms. The molecule has 3 heterocycles. The Morgan fingerprint density at radius 1 is 1.19 bits per heavy atom. The van der Waals surface area contributed by atoms with Gasteiger partial charge < -0.3 is 19.5 Å². The first kappa shape index (κ1) is 16.7. The van der Waals surface area contributed by atoms with Crippen molar-refractivity contribution < 1.29 is 19.5 Å². The first-order valence-corrected chi connectivity index (χ1v) is 8.40. The lowest BCUT2D eigenvalue weighted by Gasteiger charge is -2.11. The predicted octanol–water partition coefficient (Wildman–Crippen LogP) is 0.896. The lowest BCUT2D eigenvalue weighted by atomic mass is 9.80. The number of aromatic nitrogens is 3. The Labute approximate surface area is 150 Å². The van der Waals surface area contributed by atoms with Crippen LogP contribution in [0.4, 0.5) is 0 Å². The molecule has 3 aromatic rings. The maximum Gasteiger partial charge on any atom is 0.494 e. The van der Waals surface area contributed by atoms with E-state index in [9.17, 15) is 10.0 Å². The summed E-state index contributed by atoms with van der Waals surface area (Å²) in [6.45, 7) is 0.441. The Kier molecular flexibility index (Phi) is 4.44. The van der Waals surface area contributed by atoms with Gasteiger partial charge in [-0.25, -0.2) is 4.98 Å². The van der Waals surface area contributed by atoms with Crippen LogP contribution in [0, 0.1) is 5.92 Å². The summed E-state index contributed by atoms with van der Waals surface area (Å²) in [6.07, 6.45) is 4.32. The molecule has 1 unspecified atom stereocenters. The fourth-order valence-corrected chi connectivity index (χ4v) is 3.01. The quantitative estimate of drug-likeness (QED) is 0.637. The van der Waals surface area contributed by atoms with Gasteiger partial charge in [-0.3, -0.25) is 9.97 Å². The third-order valence-electron chi connectivity index (χ3n) is 4.59. The lowest BCUT2D eigenvalue weighted by molar-refractivity contribution is 0.287. The molecule has 3 aromatic heterocycles. The Morgan fingerprint density at radius 2 is 2.08 bits per heavy atom. The molecule has 132 valence electrons. The largest absolute Gasteiger partial charge is 0.495 e. The van der Waals surface area contributed by atoms with Crippen molar-refractivity contribution in [1.82, 2.24) is 15.0 Å². The molecule has 1 fully saturated rings. The first-order valence-electron chi connectivity index (χ1n) is 8.40. The molecule has 0 aromatic carbocycles. The highest BCUT2D eigenvalue weighted by Crippen LogP contribution is 2.46. The van der Waals surface area contributed by atoms with E-state index in [1.165, 1.54) is 0 Å². The number of hydrogen-bond acceptors (Lipinski definition) is 7. The summed E-state index contributed by atoms with van der Waals surface area (Å²) in [5, 5.41) is 19.2. The van der Waals surface area contributed by atoms with Crippen LogP contribution < -0.4 is 14.9 Å². The topological polar surface area (TPSA) is 97.6 Å². The molecule has 0 aliphatic heterocycles. The fourth-order valence-electron chi connectivity index (χ4n) is 3.01. The molecule has 0 bridgehead atoms. The molecule has 4 rings (SSSR count). The number of fused-ring (bicyclic) bond motifs is 1. The van der Waals surface area contributed by atoms with Crippen molar-refractivity contribution in [1.29, 1.82) is 0 Å². The second kappa shape index (κ2) is 6.89. The van der Waals surface area contributed by atoms with Crippen molar-refractivity contribution in [2.75, 3.05) is 13.7 Å². The van der Waals surface area contributed by atoms with E-state index in [1.54, 1.807) is 31.6 Å². The second-order valence-electron chi connectivity index (χ2n) is 6.33. The van der Waals surface area contributed by atoms with Gasteiger partial charge in [0.05, 0.1) is 30.9 Å². The van der Waals surface area contributed by atoms with Gasteiger partial charge >= 0.3 is 7.12 Å². The van der Waals surface area contributed by atoms with Crippen LogP contribution in [0.1, 0.15) is 18.0 Å². The second-order valence-corrected chi connectivity index (χ2v) is 6.33. The third-order valence-corrected chi connectivity index (χ3v) is 4.59. The Balaban J connectivity index is 1.47. The number of nitrogens with zero attached hydrogens (tertiary/aromatic N) is 3. The molecule has 2 atom stereocenters. The van der Waals surface area contributed by atoms with E-state index < -0.39 is 7.12 Å². The van der Waals surface area contributed by atoms with Gasteiger partial charge in [-0.1, -0.05) is 0 Å². The van der Waals surface area contributed by atoms with Gasteiger partial charge in [0, 0.05) is 29.2 Å². The van der Waals surface area contributed by atoms with Gasteiger partial charge in [0.2, 0.25) is 5.88 Å². The van der Waals surface area contributed by atoms with E-state index in [-0.39, 0.29) is 11.3 Å². The summed E-state index contributed by atoms with van der Waals surface area (Å²) in [4.78, 5) is 13.0. The molecule has 0 amide bonds. The van der Waals surface area contributed by atoms with E-state index in [2.05, 4.69) is 15.0 Å². The maximum atomic E-state index is 9.61. The van der Waals surface area contributed by atoms with Gasteiger partial charge in [-0.05, 0) is 36.8 Å². The normalized spacial score (nSPS) is 18.6. The van der Waals surface area contributed by atoms with Crippen LogP contribution in [0.3, 0.4) is 0 Å². The molecule has 1 saturated carbocycles. The summed E-state index contributed by atoms with van der Waals surface area (Å²) < 4.78 is 10.9. The van der Waals surface area contributed by atoms with Crippen molar-refractivity contribution in [3.8, 4) is 11.6 Å². The summed E-state index contributed by atoms with van der Waals surface area (Å²) in [5.41, 5.74) is 2.47. The minimum atomic E-state index is -1.66. The van der Waals surface area contributed by atoms with Crippen LogP contribution in [0.15, 0.2) is 42.7 Å². The zero-order valence-electron chi connectivity index (χ0n) is 14.2. The van der Waals surface area contributed by atoms with Crippen molar-refractivity contribution in [3.63, 3.8) is 0 Å². The maximum absolute atomic E-state index is 9.61. The molecule has 8 heteroatoms. The van der Waals surface area contributed by atoms with Crippen LogP contribution in [0.5, 0.6) is 11.6 Å². The van der Waals surface area contributed by atoms with Gasteiger partial charge in [-0.2, -0.15) is 0 Å². The Morgan fingerprint density at radius 3 is 2.81 bits per heavy atom. The molecule has 1 aliphatic rings. The predicted molar refractivity (Wildman–Crippen MR) is 96.5 cm³/mol. The highest BCUT2D eigenvalue weighted by molar-refractivity contribution is 6.59. The summed E-state index contributed by atoms with van der Waals surface area (Å²) in [5.74, 6) is 1.63. The van der Waals surface area contributed by atoms with Crippen LogP contribution >= 0.6 is 0 Å². The number of rotatable bonds is 6. The van der Waals surface area contributed by atoms with Crippen LogP contribution in [-0.4, -0.2) is 45.8 Å². The van der Waals surface area contributed by atoms with E-state index >= 15 is 0 Å². The highest BCUT2D eigenvalue weighted by atomic mass is 16.5. The summed E-state index contributed by atoms with van der Waals surface area (Å²) in [7, 11) is -0.0499. The molecule has 26 heavy (non-hydrogen) atoms. The summed E-state index contributed by atoms with van der Waals surface area (Å²) >= 11 is 0. The molecule has 0 radical (unpaired) electrons. The number of hydrogen-bond donors (Lipinski definition) is 2. The van der Waals surface area contributed by atoms with Crippen molar-refractivity contribution in [3.05, 3.63) is 48.4 Å². The molecular weight excluding hydrogens is 333 g/mol. The molecule has 0 saturated heterocycles. The lowest BCUT2D eigenvalue weighted by Crippen LogP contribution is -2.32.